The molecule has 0 saturated heterocycles. The summed E-state index contributed by atoms with van der Waals surface area (Å²) in [6, 6.07) is 2.11. The predicted octanol–water partition coefficient (Wildman–Crippen LogP) is 4.63. The van der Waals surface area contributed by atoms with Gasteiger partial charge >= 0.3 is 0 Å². The molecule has 1 rings (SSSR count). The van der Waals surface area contributed by atoms with Crippen LogP contribution in [-0.2, 0) is 6.42 Å². The second kappa shape index (κ2) is 8.81. The lowest BCUT2D eigenvalue weighted by molar-refractivity contribution is 0.890. The number of rotatable bonds is 2. The van der Waals surface area contributed by atoms with E-state index >= 15 is 0 Å². The van der Waals surface area contributed by atoms with Gasteiger partial charge < -0.3 is 5.73 Å². The average Bonchev–Trinajstić information content (AvgIpc) is 2.48. The van der Waals surface area contributed by atoms with Crippen molar-refractivity contribution in [1.29, 1.82) is 0 Å². The molecule has 1 nitrogen and oxygen atoms in total. The zero-order valence-corrected chi connectivity index (χ0v) is 11.7. The molecule has 0 saturated carbocycles. The van der Waals surface area contributed by atoms with E-state index < -0.39 is 0 Å². The Morgan fingerprint density at radius 1 is 1.53 bits per heavy atom. The highest BCUT2D eigenvalue weighted by Gasteiger charge is 2.06. The van der Waals surface area contributed by atoms with Crippen LogP contribution in [0.15, 0.2) is 18.7 Å². The van der Waals surface area contributed by atoms with Crippen molar-refractivity contribution < 1.29 is 0 Å². The molecule has 1 aromatic heterocycles. The Labute approximate surface area is 104 Å². The topological polar surface area (TPSA) is 26.0 Å². The number of halogens is 1. The average molecular weight is 248 g/mol. The number of hydrogen-bond donors (Lipinski definition) is 1. The van der Waals surface area contributed by atoms with E-state index in [1.165, 1.54) is 9.75 Å². The van der Waals surface area contributed by atoms with E-state index in [0.717, 1.165) is 12.1 Å². The largest absolute Gasteiger partial charge is 0.398 e. The smallest absolute Gasteiger partial charge is 0.0458 e. The first-order valence-corrected chi connectivity index (χ1v) is 5.83. The Morgan fingerprint density at radius 3 is 2.20 bits per heavy atom. The van der Waals surface area contributed by atoms with Crippen molar-refractivity contribution in [3.05, 3.63) is 28.5 Å². The Kier molecular flexibility index (Phi) is 9.95. The molecule has 0 fully saturated rings. The van der Waals surface area contributed by atoms with Crippen LogP contribution in [0.25, 0.3) is 0 Å². The molecule has 88 valence electrons. The first-order valence-electron chi connectivity index (χ1n) is 5.01. The zero-order chi connectivity index (χ0) is 11.1. The van der Waals surface area contributed by atoms with Crippen LogP contribution in [-0.4, -0.2) is 0 Å². The summed E-state index contributed by atoms with van der Waals surface area (Å²) in [6.07, 6.45) is 2.81. The van der Waals surface area contributed by atoms with Crippen LogP contribution in [0, 0.1) is 0 Å². The maximum Gasteiger partial charge on any atom is 0.0458 e. The molecule has 0 spiro atoms. The molecule has 0 aromatic carbocycles. The number of allylic oxidation sites excluding steroid dienone is 1. The van der Waals surface area contributed by atoms with Gasteiger partial charge in [-0.2, -0.15) is 0 Å². The molecule has 0 aliphatic rings. The van der Waals surface area contributed by atoms with Crippen molar-refractivity contribution in [2.24, 2.45) is 0 Å². The summed E-state index contributed by atoms with van der Waals surface area (Å²) in [6.45, 7) is 11.8. The van der Waals surface area contributed by atoms with Gasteiger partial charge in [-0.05, 0) is 25.3 Å². The van der Waals surface area contributed by atoms with E-state index in [1.54, 1.807) is 6.08 Å². The van der Waals surface area contributed by atoms with Crippen molar-refractivity contribution in [2.75, 3.05) is 5.73 Å². The van der Waals surface area contributed by atoms with E-state index in [9.17, 15) is 0 Å². The summed E-state index contributed by atoms with van der Waals surface area (Å²) < 4.78 is 0. The fraction of sp³-hybridized carbons (Fsp3) is 0.500. The van der Waals surface area contributed by atoms with Gasteiger partial charge in [0.2, 0.25) is 0 Å². The van der Waals surface area contributed by atoms with Gasteiger partial charge in [0.05, 0.1) is 0 Å². The van der Waals surface area contributed by atoms with Gasteiger partial charge in [0.1, 0.15) is 0 Å². The standard InChI is InChI=1S/C9H15NS.C3H6.ClH/c1-4-8-7(10)5-9(11-8)6(2)3;1-3-2;/h5-6H,4,10H2,1-3H3;3H,1H2,2H3;1H. The minimum Gasteiger partial charge on any atom is -0.398 e. The molecule has 0 bridgehead atoms. The first kappa shape index (κ1) is 16.9. The SMILES string of the molecule is C=CC.CCc1sc(C(C)C)cc1N.Cl. The molecule has 0 aliphatic heterocycles. The quantitative estimate of drug-likeness (QED) is 0.758. The van der Waals surface area contributed by atoms with Gasteiger partial charge in [-0.3, -0.25) is 0 Å². The van der Waals surface area contributed by atoms with Crippen molar-refractivity contribution in [3.63, 3.8) is 0 Å². The fourth-order valence-electron chi connectivity index (χ4n) is 1.03. The second-order valence-electron chi connectivity index (χ2n) is 3.44. The van der Waals surface area contributed by atoms with Gasteiger partial charge in [0.15, 0.2) is 0 Å². The number of anilines is 1. The van der Waals surface area contributed by atoms with Crippen LogP contribution >= 0.6 is 23.7 Å². The zero-order valence-electron chi connectivity index (χ0n) is 10.0. The van der Waals surface area contributed by atoms with Crippen molar-refractivity contribution in [1.82, 2.24) is 0 Å². The molecule has 15 heavy (non-hydrogen) atoms. The van der Waals surface area contributed by atoms with Gasteiger partial charge in [0.25, 0.3) is 0 Å². The summed E-state index contributed by atoms with van der Waals surface area (Å²) in [5, 5.41) is 0. The van der Waals surface area contributed by atoms with E-state index in [-0.39, 0.29) is 12.4 Å². The Balaban J connectivity index is 0. The van der Waals surface area contributed by atoms with Crippen LogP contribution in [0.3, 0.4) is 0 Å². The van der Waals surface area contributed by atoms with Crippen molar-refractivity contribution >= 4 is 29.4 Å². The molecular formula is C12H22ClNS. The van der Waals surface area contributed by atoms with E-state index in [0.29, 0.717) is 5.92 Å². The lowest BCUT2D eigenvalue weighted by Gasteiger charge is -1.96. The molecule has 1 heterocycles. The lowest BCUT2D eigenvalue weighted by atomic mass is 10.2. The molecule has 2 N–H and O–H groups in total. The Morgan fingerprint density at radius 2 is 2.00 bits per heavy atom. The summed E-state index contributed by atoms with van der Waals surface area (Å²) in [5.74, 6) is 0.614. The van der Waals surface area contributed by atoms with Crippen LogP contribution in [0.1, 0.15) is 43.4 Å². The van der Waals surface area contributed by atoms with Gasteiger partial charge in [0, 0.05) is 15.4 Å². The third-order valence-corrected chi connectivity index (χ3v) is 3.35. The third kappa shape index (κ3) is 5.85. The predicted molar refractivity (Wildman–Crippen MR) is 75.3 cm³/mol. The number of nitrogens with two attached hydrogens (primary N) is 1. The fourth-order valence-corrected chi connectivity index (χ4v) is 2.05. The van der Waals surface area contributed by atoms with E-state index in [4.69, 9.17) is 5.73 Å². The van der Waals surface area contributed by atoms with Crippen LogP contribution < -0.4 is 5.73 Å². The van der Waals surface area contributed by atoms with Gasteiger partial charge in [-0.1, -0.05) is 26.8 Å². The van der Waals surface area contributed by atoms with Crippen LogP contribution in [0.4, 0.5) is 5.69 Å². The second-order valence-corrected chi connectivity index (χ2v) is 4.61. The van der Waals surface area contributed by atoms with E-state index in [1.807, 2.05) is 18.3 Å². The number of nitrogen functional groups attached to an aromatic ring is 1. The molecule has 0 amide bonds. The number of thiophene rings is 1. The number of aryl methyl sites for hydroxylation is 1. The van der Waals surface area contributed by atoms with Gasteiger partial charge in [-0.15, -0.1) is 30.3 Å². The lowest BCUT2D eigenvalue weighted by Crippen LogP contribution is -1.84. The highest BCUT2D eigenvalue weighted by molar-refractivity contribution is 7.12. The summed E-state index contributed by atoms with van der Waals surface area (Å²) in [4.78, 5) is 2.73. The Hall–Kier alpha value is -0.470. The minimum absolute atomic E-state index is 0. The molecule has 0 radical (unpaired) electrons. The van der Waals surface area contributed by atoms with E-state index in [2.05, 4.69) is 33.4 Å². The summed E-state index contributed by atoms with van der Waals surface area (Å²) >= 11 is 1.84. The highest BCUT2D eigenvalue weighted by Crippen LogP contribution is 2.30. The summed E-state index contributed by atoms with van der Waals surface area (Å²) in [7, 11) is 0. The molecule has 0 unspecified atom stereocenters. The molecule has 1 aromatic rings. The number of hydrogen-bond acceptors (Lipinski definition) is 2. The first-order chi connectivity index (χ1) is 6.56. The maximum absolute atomic E-state index is 5.80. The monoisotopic (exact) mass is 247 g/mol. The summed E-state index contributed by atoms with van der Waals surface area (Å²) in [5.41, 5.74) is 6.77. The maximum atomic E-state index is 5.80. The minimum atomic E-state index is 0. The highest BCUT2D eigenvalue weighted by atomic mass is 35.5. The third-order valence-electron chi connectivity index (χ3n) is 1.75. The Bertz CT molecular complexity index is 279. The molecule has 3 heteroatoms. The van der Waals surface area contributed by atoms with Crippen molar-refractivity contribution in [3.8, 4) is 0 Å². The van der Waals surface area contributed by atoms with Crippen LogP contribution in [0.2, 0.25) is 0 Å². The van der Waals surface area contributed by atoms with Crippen LogP contribution in [0.5, 0.6) is 0 Å². The molecule has 0 aliphatic carbocycles. The molecule has 0 atom stereocenters. The van der Waals surface area contributed by atoms with Crippen molar-refractivity contribution in [2.45, 2.75) is 40.0 Å². The van der Waals surface area contributed by atoms with Gasteiger partial charge in [-0.25, -0.2) is 0 Å². The molecular weight excluding hydrogens is 226 g/mol. The normalized spacial score (nSPS) is 8.87.